The molecule has 0 saturated carbocycles. The third kappa shape index (κ3) is 3.64. The third-order valence-corrected chi connectivity index (χ3v) is 4.87. The van der Waals surface area contributed by atoms with E-state index in [1.165, 1.54) is 11.3 Å². The lowest BCUT2D eigenvalue weighted by atomic mass is 10.1. The van der Waals surface area contributed by atoms with Crippen molar-refractivity contribution in [1.82, 2.24) is 4.98 Å². The van der Waals surface area contributed by atoms with Gasteiger partial charge in [0.05, 0.1) is 10.2 Å². The summed E-state index contributed by atoms with van der Waals surface area (Å²) >= 11 is 1.36. The molecule has 0 radical (unpaired) electrons. The molecule has 0 bridgehead atoms. The van der Waals surface area contributed by atoms with Crippen molar-refractivity contribution in [2.75, 3.05) is 19.0 Å². The summed E-state index contributed by atoms with van der Waals surface area (Å²) in [5.41, 5.74) is 3.94. The van der Waals surface area contributed by atoms with Crippen molar-refractivity contribution in [2.45, 2.75) is 0 Å². The van der Waals surface area contributed by atoms with Crippen LogP contribution in [0.4, 0.5) is 5.69 Å². The first-order valence-corrected chi connectivity index (χ1v) is 8.80. The Hall–Kier alpha value is -3.41. The molecule has 0 saturated heterocycles. The number of thiazole rings is 1. The smallest absolute Gasteiger partial charge is 0.165 e. The van der Waals surface area contributed by atoms with E-state index in [4.69, 9.17) is 10.5 Å². The van der Waals surface area contributed by atoms with Crippen LogP contribution in [0.1, 0.15) is 5.56 Å². The van der Waals surface area contributed by atoms with Crippen molar-refractivity contribution in [1.29, 1.82) is 10.5 Å². The maximum absolute atomic E-state index is 9.16. The van der Waals surface area contributed by atoms with Gasteiger partial charge in [-0.2, -0.15) is 10.5 Å². The van der Waals surface area contributed by atoms with E-state index in [2.05, 4.69) is 17.1 Å². The van der Waals surface area contributed by atoms with Gasteiger partial charge < -0.3 is 4.90 Å². The summed E-state index contributed by atoms with van der Waals surface area (Å²) in [7, 11) is 4.01. The molecule has 26 heavy (non-hydrogen) atoms. The molecule has 0 aliphatic rings. The molecule has 0 atom stereocenters. The minimum atomic E-state index is 0.0368. The van der Waals surface area contributed by atoms with E-state index in [0.717, 1.165) is 27.0 Å². The number of hydrogen-bond acceptors (Lipinski definition) is 5. The molecular weight excluding hydrogens is 340 g/mol. The SMILES string of the molecule is CN(C)c1ccc(C=c2sc(=C(C#N)C#N)nc2-c2ccccc2)cc1. The van der Waals surface area contributed by atoms with Gasteiger partial charge in [0.25, 0.3) is 0 Å². The second-order valence-corrected chi connectivity index (χ2v) is 6.86. The lowest BCUT2D eigenvalue weighted by Crippen LogP contribution is -2.08. The van der Waals surface area contributed by atoms with Gasteiger partial charge in [-0.15, -0.1) is 11.3 Å². The van der Waals surface area contributed by atoms with Crippen molar-refractivity contribution in [2.24, 2.45) is 0 Å². The summed E-state index contributed by atoms with van der Waals surface area (Å²) < 4.78 is 1.37. The standard InChI is InChI=1S/C21H16N4S/c1-25(2)18-10-8-15(9-11-18)12-19-20(16-6-4-3-5-7-16)24-21(26-19)17(13-22)14-23/h3-12H,1-2H3. The van der Waals surface area contributed by atoms with Gasteiger partial charge in [-0.25, -0.2) is 4.98 Å². The predicted octanol–water partition coefficient (Wildman–Crippen LogP) is 2.90. The zero-order valence-electron chi connectivity index (χ0n) is 14.5. The largest absolute Gasteiger partial charge is 0.378 e. The number of rotatable bonds is 3. The first-order valence-electron chi connectivity index (χ1n) is 7.98. The third-order valence-electron chi connectivity index (χ3n) is 3.85. The Morgan fingerprint density at radius 2 is 1.65 bits per heavy atom. The minimum absolute atomic E-state index is 0.0368. The molecule has 126 valence electrons. The van der Waals surface area contributed by atoms with E-state index < -0.39 is 0 Å². The van der Waals surface area contributed by atoms with Crippen LogP contribution >= 0.6 is 11.3 Å². The first kappa shape index (κ1) is 17.4. The van der Waals surface area contributed by atoms with Crippen molar-refractivity contribution in [3.63, 3.8) is 0 Å². The molecule has 2 aromatic carbocycles. The first-order chi connectivity index (χ1) is 12.6. The van der Waals surface area contributed by atoms with E-state index in [9.17, 15) is 0 Å². The van der Waals surface area contributed by atoms with E-state index in [0.29, 0.717) is 4.66 Å². The average Bonchev–Trinajstić information content (AvgIpc) is 3.07. The van der Waals surface area contributed by atoms with Crippen molar-refractivity contribution >= 4 is 28.7 Å². The van der Waals surface area contributed by atoms with E-state index in [1.54, 1.807) is 0 Å². The maximum Gasteiger partial charge on any atom is 0.165 e. The molecule has 0 spiro atoms. The second kappa shape index (κ2) is 7.65. The Bertz CT molecular complexity index is 1100. The lowest BCUT2D eigenvalue weighted by Gasteiger charge is -2.11. The Morgan fingerprint density at radius 3 is 2.23 bits per heavy atom. The van der Waals surface area contributed by atoms with Crippen LogP contribution < -0.4 is 14.1 Å². The topological polar surface area (TPSA) is 63.7 Å². The normalized spacial score (nSPS) is 10.8. The monoisotopic (exact) mass is 356 g/mol. The zero-order chi connectivity index (χ0) is 18.5. The van der Waals surface area contributed by atoms with Gasteiger partial charge in [0.2, 0.25) is 0 Å². The van der Waals surface area contributed by atoms with Crippen LogP contribution in [-0.2, 0) is 0 Å². The Morgan fingerprint density at radius 1 is 1.00 bits per heavy atom. The van der Waals surface area contributed by atoms with Crippen molar-refractivity contribution in [3.05, 3.63) is 69.4 Å². The fourth-order valence-corrected chi connectivity index (χ4v) is 3.47. The molecule has 0 aliphatic heterocycles. The Labute approximate surface area is 156 Å². The molecule has 0 fully saturated rings. The molecule has 1 heterocycles. The summed E-state index contributed by atoms with van der Waals surface area (Å²) in [6.45, 7) is 0. The fraction of sp³-hybridized carbons (Fsp3) is 0.0952. The summed E-state index contributed by atoms with van der Waals surface area (Å²) in [5.74, 6) is 0. The summed E-state index contributed by atoms with van der Waals surface area (Å²) in [6.07, 6.45) is 2.04. The summed E-state index contributed by atoms with van der Waals surface area (Å²) in [6, 6.07) is 21.8. The number of benzene rings is 2. The molecule has 0 unspecified atom stereocenters. The van der Waals surface area contributed by atoms with Crippen molar-refractivity contribution in [3.8, 4) is 23.4 Å². The highest BCUT2D eigenvalue weighted by Crippen LogP contribution is 2.15. The number of nitrogens with zero attached hydrogens (tertiary/aromatic N) is 4. The highest BCUT2D eigenvalue weighted by atomic mass is 32.1. The van der Waals surface area contributed by atoms with Gasteiger partial charge in [0, 0.05) is 25.3 Å². The van der Waals surface area contributed by atoms with Crippen LogP contribution in [0.2, 0.25) is 0 Å². The lowest BCUT2D eigenvalue weighted by molar-refractivity contribution is 1.13. The number of nitriles is 2. The average molecular weight is 356 g/mol. The molecule has 3 aromatic rings. The quantitative estimate of drug-likeness (QED) is 0.724. The number of hydrogen-bond donors (Lipinski definition) is 0. The predicted molar refractivity (Wildman–Crippen MR) is 106 cm³/mol. The maximum atomic E-state index is 9.16. The van der Waals surface area contributed by atoms with Crippen LogP contribution in [-0.4, -0.2) is 19.1 Å². The van der Waals surface area contributed by atoms with Crippen LogP contribution in [0.5, 0.6) is 0 Å². The molecule has 4 nitrogen and oxygen atoms in total. The van der Waals surface area contributed by atoms with Crippen LogP contribution in [0.15, 0.2) is 54.6 Å². The van der Waals surface area contributed by atoms with Gasteiger partial charge >= 0.3 is 0 Å². The van der Waals surface area contributed by atoms with E-state index >= 15 is 0 Å². The van der Waals surface area contributed by atoms with Crippen LogP contribution in [0.3, 0.4) is 0 Å². The highest BCUT2D eigenvalue weighted by molar-refractivity contribution is 7.08. The molecule has 0 amide bonds. The highest BCUT2D eigenvalue weighted by Gasteiger charge is 2.08. The van der Waals surface area contributed by atoms with E-state index in [1.807, 2.05) is 79.7 Å². The van der Waals surface area contributed by atoms with Gasteiger partial charge in [-0.1, -0.05) is 42.5 Å². The van der Waals surface area contributed by atoms with Gasteiger partial charge in [0.1, 0.15) is 16.8 Å². The van der Waals surface area contributed by atoms with E-state index in [-0.39, 0.29) is 5.57 Å². The molecule has 3 rings (SSSR count). The molecule has 5 heteroatoms. The summed E-state index contributed by atoms with van der Waals surface area (Å²) in [4.78, 5) is 6.61. The number of anilines is 1. The Kier molecular flexibility index (Phi) is 5.12. The fourth-order valence-electron chi connectivity index (χ4n) is 2.48. The van der Waals surface area contributed by atoms with Gasteiger partial charge in [-0.3, -0.25) is 0 Å². The van der Waals surface area contributed by atoms with Crippen LogP contribution in [0, 0.1) is 22.7 Å². The second-order valence-electron chi connectivity index (χ2n) is 5.83. The van der Waals surface area contributed by atoms with Crippen molar-refractivity contribution < 1.29 is 0 Å². The molecule has 1 aromatic heterocycles. The Balaban J connectivity index is 2.21. The molecule has 0 aliphatic carbocycles. The minimum Gasteiger partial charge on any atom is -0.378 e. The van der Waals surface area contributed by atoms with Gasteiger partial charge in [-0.05, 0) is 23.8 Å². The van der Waals surface area contributed by atoms with Gasteiger partial charge in [0.15, 0.2) is 5.57 Å². The zero-order valence-corrected chi connectivity index (χ0v) is 15.3. The molecule has 0 N–H and O–H groups in total. The van der Waals surface area contributed by atoms with Crippen LogP contribution in [0.25, 0.3) is 22.9 Å². The number of aromatic nitrogens is 1. The molecular formula is C21H16N4S. The summed E-state index contributed by atoms with van der Waals surface area (Å²) in [5, 5.41) is 18.3.